The van der Waals surface area contributed by atoms with Crippen LogP contribution in [0.1, 0.15) is 5.56 Å². The molecule has 1 fully saturated rings. The molecule has 0 atom stereocenters. The Morgan fingerprint density at radius 1 is 1.41 bits per heavy atom. The number of benzene rings is 1. The molecular formula is C12H16BrFN2O. The van der Waals surface area contributed by atoms with E-state index in [2.05, 4.69) is 26.1 Å². The van der Waals surface area contributed by atoms with Gasteiger partial charge in [0.1, 0.15) is 11.6 Å². The summed E-state index contributed by atoms with van der Waals surface area (Å²) in [5, 5.41) is 3.30. The minimum atomic E-state index is -0.240. The molecular weight excluding hydrogens is 287 g/mol. The first kappa shape index (κ1) is 12.8. The van der Waals surface area contributed by atoms with E-state index in [1.807, 2.05) is 0 Å². The summed E-state index contributed by atoms with van der Waals surface area (Å²) in [4.78, 5) is 2.29. The van der Waals surface area contributed by atoms with Crippen molar-refractivity contribution in [1.29, 1.82) is 0 Å². The highest BCUT2D eigenvalue weighted by Crippen LogP contribution is 2.30. The van der Waals surface area contributed by atoms with Crippen molar-refractivity contribution in [3.05, 3.63) is 28.0 Å². The van der Waals surface area contributed by atoms with Crippen LogP contribution in [0.25, 0.3) is 0 Å². The smallest absolute Gasteiger partial charge is 0.137 e. The maximum absolute atomic E-state index is 13.5. The Morgan fingerprint density at radius 2 is 2.12 bits per heavy atom. The fourth-order valence-corrected chi connectivity index (χ4v) is 2.46. The minimum absolute atomic E-state index is 0.240. The van der Waals surface area contributed by atoms with Crippen LogP contribution in [0.3, 0.4) is 0 Å². The molecule has 0 spiro atoms. The second-order valence-corrected chi connectivity index (χ2v) is 4.86. The monoisotopic (exact) mass is 302 g/mol. The van der Waals surface area contributed by atoms with Gasteiger partial charge in [0.05, 0.1) is 11.6 Å². The van der Waals surface area contributed by atoms with Crippen LogP contribution >= 0.6 is 15.9 Å². The van der Waals surface area contributed by atoms with Crippen molar-refractivity contribution in [2.75, 3.05) is 33.3 Å². The normalized spacial score (nSPS) is 17.1. The van der Waals surface area contributed by atoms with E-state index >= 15 is 0 Å². The van der Waals surface area contributed by atoms with Crippen LogP contribution in [0, 0.1) is 5.82 Å². The molecule has 1 heterocycles. The Morgan fingerprint density at radius 3 is 2.76 bits per heavy atom. The number of hydrogen-bond donors (Lipinski definition) is 1. The van der Waals surface area contributed by atoms with Crippen LogP contribution in [0.4, 0.5) is 4.39 Å². The van der Waals surface area contributed by atoms with E-state index in [9.17, 15) is 4.39 Å². The van der Waals surface area contributed by atoms with Gasteiger partial charge in [0, 0.05) is 38.3 Å². The molecule has 1 saturated heterocycles. The van der Waals surface area contributed by atoms with E-state index in [-0.39, 0.29) is 5.82 Å². The summed E-state index contributed by atoms with van der Waals surface area (Å²) < 4.78 is 19.3. The average molecular weight is 303 g/mol. The maximum atomic E-state index is 13.5. The molecule has 2 rings (SSSR count). The molecule has 94 valence electrons. The van der Waals surface area contributed by atoms with Crippen molar-refractivity contribution in [3.8, 4) is 5.75 Å². The number of rotatable bonds is 3. The molecule has 1 aliphatic heterocycles. The molecule has 1 aromatic carbocycles. The van der Waals surface area contributed by atoms with Crippen LogP contribution in [0.15, 0.2) is 16.6 Å². The van der Waals surface area contributed by atoms with Gasteiger partial charge in [-0.25, -0.2) is 4.39 Å². The van der Waals surface area contributed by atoms with Gasteiger partial charge in [-0.1, -0.05) is 0 Å². The number of piperazine rings is 1. The first-order chi connectivity index (χ1) is 8.22. The zero-order chi connectivity index (χ0) is 12.3. The standard InChI is InChI=1S/C12H16BrFN2O/c1-17-11-3-2-10(14)12(13)9(11)8-16-6-4-15-5-7-16/h2-3,15H,4-8H2,1H3. The third-order valence-corrected chi connectivity index (χ3v) is 3.82. The largest absolute Gasteiger partial charge is 0.496 e. The fourth-order valence-electron chi connectivity index (χ4n) is 2.01. The Labute approximate surface area is 109 Å². The van der Waals surface area contributed by atoms with Crippen LogP contribution in [-0.2, 0) is 6.54 Å². The van der Waals surface area contributed by atoms with Gasteiger partial charge >= 0.3 is 0 Å². The Bertz CT molecular complexity index is 394. The molecule has 0 amide bonds. The minimum Gasteiger partial charge on any atom is -0.496 e. The number of nitrogens with zero attached hydrogens (tertiary/aromatic N) is 1. The van der Waals surface area contributed by atoms with Gasteiger partial charge in [-0.3, -0.25) is 4.90 Å². The summed E-state index contributed by atoms with van der Waals surface area (Å²) in [7, 11) is 1.61. The first-order valence-corrected chi connectivity index (χ1v) is 6.45. The quantitative estimate of drug-likeness (QED) is 0.924. The van der Waals surface area contributed by atoms with Gasteiger partial charge in [0.25, 0.3) is 0 Å². The van der Waals surface area contributed by atoms with Crippen molar-refractivity contribution in [3.63, 3.8) is 0 Å². The molecule has 0 bridgehead atoms. The lowest BCUT2D eigenvalue weighted by atomic mass is 10.1. The maximum Gasteiger partial charge on any atom is 0.137 e. The number of methoxy groups -OCH3 is 1. The van der Waals surface area contributed by atoms with Gasteiger partial charge in [0.15, 0.2) is 0 Å². The number of ether oxygens (including phenoxy) is 1. The van der Waals surface area contributed by atoms with Crippen LogP contribution in [0.2, 0.25) is 0 Å². The predicted octanol–water partition coefficient (Wildman–Crippen LogP) is 2.00. The highest BCUT2D eigenvalue weighted by Gasteiger charge is 2.17. The average Bonchev–Trinajstić information content (AvgIpc) is 2.37. The van der Waals surface area contributed by atoms with E-state index < -0.39 is 0 Å². The topological polar surface area (TPSA) is 24.5 Å². The van der Waals surface area contributed by atoms with Gasteiger partial charge < -0.3 is 10.1 Å². The third kappa shape index (κ3) is 2.97. The number of halogens is 2. The number of nitrogens with one attached hydrogen (secondary N) is 1. The Hall–Kier alpha value is -0.650. The van der Waals surface area contributed by atoms with Gasteiger partial charge in [-0.2, -0.15) is 0 Å². The van der Waals surface area contributed by atoms with Crippen molar-refractivity contribution < 1.29 is 9.13 Å². The highest BCUT2D eigenvalue weighted by molar-refractivity contribution is 9.10. The van der Waals surface area contributed by atoms with Crippen molar-refractivity contribution in [1.82, 2.24) is 10.2 Å². The summed E-state index contributed by atoms with van der Waals surface area (Å²) >= 11 is 3.30. The van der Waals surface area contributed by atoms with E-state index in [4.69, 9.17) is 4.74 Å². The van der Waals surface area contributed by atoms with Crippen molar-refractivity contribution >= 4 is 15.9 Å². The highest BCUT2D eigenvalue weighted by atomic mass is 79.9. The van der Waals surface area contributed by atoms with Crippen LogP contribution in [0.5, 0.6) is 5.75 Å². The summed E-state index contributed by atoms with van der Waals surface area (Å²) in [5.41, 5.74) is 0.884. The second-order valence-electron chi connectivity index (χ2n) is 4.07. The van der Waals surface area contributed by atoms with Gasteiger partial charge in [0.2, 0.25) is 0 Å². The summed E-state index contributed by atoms with van der Waals surface area (Å²) in [6.45, 7) is 4.63. The van der Waals surface area contributed by atoms with Crippen molar-refractivity contribution in [2.45, 2.75) is 6.54 Å². The molecule has 17 heavy (non-hydrogen) atoms. The van der Waals surface area contributed by atoms with E-state index in [0.29, 0.717) is 11.0 Å². The van der Waals surface area contributed by atoms with Gasteiger partial charge in [-0.15, -0.1) is 0 Å². The lowest BCUT2D eigenvalue weighted by Crippen LogP contribution is -2.43. The number of hydrogen-bond acceptors (Lipinski definition) is 3. The Kier molecular flexibility index (Phi) is 4.36. The van der Waals surface area contributed by atoms with E-state index in [1.54, 1.807) is 13.2 Å². The van der Waals surface area contributed by atoms with E-state index in [1.165, 1.54) is 6.07 Å². The third-order valence-electron chi connectivity index (χ3n) is 2.96. The van der Waals surface area contributed by atoms with Crippen LogP contribution < -0.4 is 10.1 Å². The molecule has 5 heteroatoms. The molecule has 1 aromatic rings. The molecule has 0 aromatic heterocycles. The molecule has 0 aliphatic carbocycles. The molecule has 1 N–H and O–H groups in total. The van der Waals surface area contributed by atoms with Gasteiger partial charge in [-0.05, 0) is 28.1 Å². The summed E-state index contributed by atoms with van der Waals surface area (Å²) in [5.74, 6) is 0.493. The fraction of sp³-hybridized carbons (Fsp3) is 0.500. The zero-order valence-corrected chi connectivity index (χ0v) is 11.4. The molecule has 3 nitrogen and oxygen atoms in total. The second kappa shape index (κ2) is 5.80. The molecule has 0 unspecified atom stereocenters. The predicted molar refractivity (Wildman–Crippen MR) is 68.8 cm³/mol. The molecule has 1 aliphatic rings. The van der Waals surface area contributed by atoms with E-state index in [0.717, 1.165) is 37.5 Å². The molecule has 0 radical (unpaired) electrons. The Balaban J connectivity index is 2.20. The SMILES string of the molecule is COc1ccc(F)c(Br)c1CN1CCNCC1. The van der Waals surface area contributed by atoms with Crippen LogP contribution in [-0.4, -0.2) is 38.2 Å². The van der Waals surface area contributed by atoms with Crippen molar-refractivity contribution in [2.24, 2.45) is 0 Å². The summed E-state index contributed by atoms with van der Waals surface area (Å²) in [6, 6.07) is 3.10. The lowest BCUT2D eigenvalue weighted by molar-refractivity contribution is 0.229. The molecule has 0 saturated carbocycles. The zero-order valence-electron chi connectivity index (χ0n) is 9.80. The lowest BCUT2D eigenvalue weighted by Gasteiger charge is -2.28. The summed E-state index contributed by atoms with van der Waals surface area (Å²) in [6.07, 6.45) is 0. The first-order valence-electron chi connectivity index (χ1n) is 5.66.